The number of carbonyl (C=O) groups is 2. The SMILES string of the molecule is COc1cccc(C(CNC(=O)CCC(=O)c2ccc3c(c2)CCC3)N2CCCC2)c1. The van der Waals surface area contributed by atoms with Gasteiger partial charge in [-0.05, 0) is 80.1 Å². The topological polar surface area (TPSA) is 58.6 Å². The molecule has 1 saturated heterocycles. The number of nitrogens with one attached hydrogen (secondary N) is 1. The fourth-order valence-electron chi connectivity index (χ4n) is 4.78. The van der Waals surface area contributed by atoms with Crippen molar-refractivity contribution >= 4 is 11.7 Å². The summed E-state index contributed by atoms with van der Waals surface area (Å²) in [4.78, 5) is 27.5. The summed E-state index contributed by atoms with van der Waals surface area (Å²) in [5.41, 5.74) is 4.54. The van der Waals surface area contributed by atoms with Crippen LogP contribution in [0, 0.1) is 0 Å². The highest BCUT2D eigenvalue weighted by Crippen LogP contribution is 2.27. The smallest absolute Gasteiger partial charge is 0.220 e. The first-order valence-corrected chi connectivity index (χ1v) is 11.4. The molecule has 31 heavy (non-hydrogen) atoms. The van der Waals surface area contributed by atoms with Gasteiger partial charge in [0.25, 0.3) is 0 Å². The highest BCUT2D eigenvalue weighted by atomic mass is 16.5. The van der Waals surface area contributed by atoms with Gasteiger partial charge in [0.2, 0.25) is 5.91 Å². The van der Waals surface area contributed by atoms with Gasteiger partial charge in [-0.3, -0.25) is 14.5 Å². The Balaban J connectivity index is 1.32. The molecule has 1 fully saturated rings. The van der Waals surface area contributed by atoms with E-state index in [4.69, 9.17) is 4.74 Å². The molecule has 2 aromatic rings. The first kappa shape index (κ1) is 21.6. The largest absolute Gasteiger partial charge is 0.497 e. The van der Waals surface area contributed by atoms with Crippen LogP contribution < -0.4 is 10.1 Å². The third-order valence-corrected chi connectivity index (χ3v) is 6.55. The zero-order valence-corrected chi connectivity index (χ0v) is 18.4. The summed E-state index contributed by atoms with van der Waals surface area (Å²) in [5, 5.41) is 3.07. The van der Waals surface area contributed by atoms with Crippen molar-refractivity contribution in [1.29, 1.82) is 0 Å². The van der Waals surface area contributed by atoms with Crippen molar-refractivity contribution in [3.8, 4) is 5.75 Å². The number of aryl methyl sites for hydroxylation is 2. The minimum Gasteiger partial charge on any atom is -0.497 e. The number of nitrogens with zero attached hydrogens (tertiary/aromatic N) is 1. The van der Waals surface area contributed by atoms with E-state index >= 15 is 0 Å². The second-order valence-electron chi connectivity index (χ2n) is 8.60. The molecule has 2 aliphatic rings. The Bertz CT molecular complexity index is 934. The molecule has 0 saturated carbocycles. The number of likely N-dealkylation sites (tertiary alicyclic amines) is 1. The van der Waals surface area contributed by atoms with Gasteiger partial charge in [-0.1, -0.05) is 24.3 Å². The summed E-state index contributed by atoms with van der Waals surface area (Å²) in [6.07, 6.45) is 6.17. The molecule has 5 heteroatoms. The van der Waals surface area contributed by atoms with Gasteiger partial charge in [-0.25, -0.2) is 0 Å². The van der Waals surface area contributed by atoms with Crippen molar-refractivity contribution in [2.75, 3.05) is 26.7 Å². The Kier molecular flexibility index (Phi) is 7.03. The Morgan fingerprint density at radius 1 is 1.00 bits per heavy atom. The maximum atomic E-state index is 12.6. The molecule has 1 aliphatic carbocycles. The van der Waals surface area contributed by atoms with Crippen molar-refractivity contribution in [3.05, 3.63) is 64.7 Å². The van der Waals surface area contributed by atoms with Gasteiger partial charge in [0.1, 0.15) is 5.75 Å². The van der Waals surface area contributed by atoms with Crippen LogP contribution >= 0.6 is 0 Å². The zero-order chi connectivity index (χ0) is 21.6. The first-order chi connectivity index (χ1) is 15.1. The number of carbonyl (C=O) groups excluding carboxylic acids is 2. The standard InChI is InChI=1S/C26H32N2O3/c1-31-23-9-5-8-21(17-23)24(28-14-2-3-15-28)18-27-26(30)13-12-25(29)22-11-10-19-6-4-7-20(19)16-22/h5,8-11,16-17,24H,2-4,6-7,12-15,18H2,1H3,(H,27,30). The van der Waals surface area contributed by atoms with Crippen LogP contribution in [0.1, 0.15) is 65.2 Å². The Labute approximate surface area is 184 Å². The van der Waals surface area contributed by atoms with Crippen LogP contribution in [-0.2, 0) is 17.6 Å². The molecule has 2 aromatic carbocycles. The van der Waals surface area contributed by atoms with E-state index in [1.54, 1.807) is 7.11 Å². The summed E-state index contributed by atoms with van der Waals surface area (Å²) in [7, 11) is 1.67. The molecule has 1 atom stereocenters. The number of benzene rings is 2. The molecule has 1 aliphatic heterocycles. The molecule has 1 heterocycles. The maximum absolute atomic E-state index is 12.6. The molecular weight excluding hydrogens is 388 g/mol. The Hall–Kier alpha value is -2.66. The fourth-order valence-corrected chi connectivity index (χ4v) is 4.78. The Morgan fingerprint density at radius 2 is 1.81 bits per heavy atom. The quantitative estimate of drug-likeness (QED) is 0.621. The van der Waals surface area contributed by atoms with E-state index in [-0.39, 0.29) is 30.6 Å². The van der Waals surface area contributed by atoms with Gasteiger partial charge in [0, 0.05) is 24.9 Å². The Morgan fingerprint density at radius 3 is 2.61 bits per heavy atom. The first-order valence-electron chi connectivity index (χ1n) is 11.4. The van der Waals surface area contributed by atoms with Crippen LogP contribution in [0.15, 0.2) is 42.5 Å². The van der Waals surface area contributed by atoms with Crippen molar-refractivity contribution in [3.63, 3.8) is 0 Å². The molecule has 4 rings (SSSR count). The lowest BCUT2D eigenvalue weighted by atomic mass is 10.0. The van der Waals surface area contributed by atoms with Gasteiger partial charge >= 0.3 is 0 Å². The number of amides is 1. The molecule has 0 aromatic heterocycles. The van der Waals surface area contributed by atoms with E-state index in [1.807, 2.05) is 30.3 Å². The third kappa shape index (κ3) is 5.34. The molecule has 0 spiro atoms. The van der Waals surface area contributed by atoms with Gasteiger partial charge in [0.15, 0.2) is 5.78 Å². The molecule has 164 valence electrons. The minimum absolute atomic E-state index is 0.0498. The van der Waals surface area contributed by atoms with E-state index < -0.39 is 0 Å². The number of ether oxygens (including phenoxy) is 1. The molecule has 1 unspecified atom stereocenters. The molecule has 5 nitrogen and oxygen atoms in total. The van der Waals surface area contributed by atoms with Crippen LogP contribution in [0.2, 0.25) is 0 Å². The summed E-state index contributed by atoms with van der Waals surface area (Å²) in [6, 6.07) is 14.2. The number of ketones is 1. The fraction of sp³-hybridized carbons (Fsp3) is 0.462. The van der Waals surface area contributed by atoms with Crippen molar-refractivity contribution in [2.24, 2.45) is 0 Å². The van der Waals surface area contributed by atoms with Gasteiger partial charge in [0.05, 0.1) is 13.2 Å². The number of fused-ring (bicyclic) bond motifs is 1. The number of Topliss-reactive ketones (excluding diaryl/α,β-unsaturated/α-hetero) is 1. The van der Waals surface area contributed by atoms with E-state index in [9.17, 15) is 9.59 Å². The average Bonchev–Trinajstić information content (AvgIpc) is 3.49. The second-order valence-corrected chi connectivity index (χ2v) is 8.60. The molecule has 1 N–H and O–H groups in total. The predicted octanol–water partition coefficient (Wildman–Crippen LogP) is 4.10. The number of methoxy groups -OCH3 is 1. The number of rotatable bonds is 9. The van der Waals surface area contributed by atoms with E-state index in [1.165, 1.54) is 30.4 Å². The van der Waals surface area contributed by atoms with Gasteiger partial charge in [-0.2, -0.15) is 0 Å². The monoisotopic (exact) mass is 420 g/mol. The molecule has 1 amide bonds. The lowest BCUT2D eigenvalue weighted by Gasteiger charge is -2.28. The van der Waals surface area contributed by atoms with E-state index in [0.29, 0.717) is 6.54 Å². The third-order valence-electron chi connectivity index (χ3n) is 6.55. The summed E-state index contributed by atoms with van der Waals surface area (Å²) >= 11 is 0. The summed E-state index contributed by atoms with van der Waals surface area (Å²) in [5.74, 6) is 0.809. The maximum Gasteiger partial charge on any atom is 0.220 e. The lowest BCUT2D eigenvalue weighted by Crippen LogP contribution is -2.36. The highest BCUT2D eigenvalue weighted by molar-refractivity contribution is 5.98. The predicted molar refractivity (Wildman–Crippen MR) is 122 cm³/mol. The summed E-state index contributed by atoms with van der Waals surface area (Å²) < 4.78 is 5.38. The molecular formula is C26H32N2O3. The lowest BCUT2D eigenvalue weighted by molar-refractivity contribution is -0.121. The van der Waals surface area contributed by atoms with Crippen LogP contribution in [0.5, 0.6) is 5.75 Å². The van der Waals surface area contributed by atoms with Crippen molar-refractivity contribution in [2.45, 2.75) is 51.0 Å². The normalized spacial score (nSPS) is 16.7. The van der Waals surface area contributed by atoms with E-state index in [2.05, 4.69) is 22.3 Å². The van der Waals surface area contributed by atoms with Gasteiger partial charge < -0.3 is 10.1 Å². The number of hydrogen-bond donors (Lipinski definition) is 1. The highest BCUT2D eigenvalue weighted by Gasteiger charge is 2.24. The molecule has 0 bridgehead atoms. The van der Waals surface area contributed by atoms with Gasteiger partial charge in [-0.15, -0.1) is 0 Å². The summed E-state index contributed by atoms with van der Waals surface area (Å²) in [6.45, 7) is 2.61. The van der Waals surface area contributed by atoms with Crippen LogP contribution in [0.25, 0.3) is 0 Å². The number of hydrogen-bond acceptors (Lipinski definition) is 4. The minimum atomic E-state index is -0.0680. The van der Waals surface area contributed by atoms with Crippen molar-refractivity contribution in [1.82, 2.24) is 10.2 Å². The van der Waals surface area contributed by atoms with Crippen molar-refractivity contribution < 1.29 is 14.3 Å². The zero-order valence-electron chi connectivity index (χ0n) is 18.4. The van der Waals surface area contributed by atoms with Crippen LogP contribution in [0.3, 0.4) is 0 Å². The van der Waals surface area contributed by atoms with E-state index in [0.717, 1.165) is 42.8 Å². The molecule has 0 radical (unpaired) electrons. The van der Waals surface area contributed by atoms with Crippen LogP contribution in [-0.4, -0.2) is 43.3 Å². The second kappa shape index (κ2) is 10.1. The van der Waals surface area contributed by atoms with Crippen LogP contribution in [0.4, 0.5) is 0 Å². The average molecular weight is 421 g/mol.